The largest absolute Gasteiger partial charge is 0.378 e. The van der Waals surface area contributed by atoms with E-state index >= 15 is 0 Å². The zero-order valence-corrected chi connectivity index (χ0v) is 12.1. The van der Waals surface area contributed by atoms with Crippen LogP contribution in [0.5, 0.6) is 0 Å². The maximum Gasteiger partial charge on any atom is 0.254 e. The van der Waals surface area contributed by atoms with Gasteiger partial charge in [-0.3, -0.25) is 4.79 Å². The van der Waals surface area contributed by atoms with E-state index in [9.17, 15) is 4.79 Å². The Morgan fingerprint density at radius 2 is 2.30 bits per heavy atom. The quantitative estimate of drug-likeness (QED) is 0.882. The highest BCUT2D eigenvalue weighted by atomic mass is 16.5. The van der Waals surface area contributed by atoms with Crippen molar-refractivity contribution in [3.63, 3.8) is 0 Å². The van der Waals surface area contributed by atoms with Crippen LogP contribution >= 0.6 is 0 Å². The molecule has 1 aliphatic carbocycles. The lowest BCUT2D eigenvalue weighted by Gasteiger charge is -2.39. The second kappa shape index (κ2) is 5.01. The summed E-state index contributed by atoms with van der Waals surface area (Å²) >= 11 is 0. The fourth-order valence-electron chi connectivity index (χ4n) is 2.90. The number of aryl methyl sites for hydroxylation is 1. The lowest BCUT2D eigenvalue weighted by atomic mass is 9.76. The van der Waals surface area contributed by atoms with Gasteiger partial charge in [-0.15, -0.1) is 0 Å². The number of hydrogen-bond donors (Lipinski definition) is 1. The molecular weight excluding hydrogens is 256 g/mol. The van der Waals surface area contributed by atoms with E-state index in [1.165, 1.54) is 0 Å². The van der Waals surface area contributed by atoms with Crippen molar-refractivity contribution in [3.8, 4) is 0 Å². The van der Waals surface area contributed by atoms with Crippen LogP contribution in [0.4, 0.5) is 5.95 Å². The van der Waals surface area contributed by atoms with Crippen LogP contribution in [0, 0.1) is 12.8 Å². The summed E-state index contributed by atoms with van der Waals surface area (Å²) in [6, 6.07) is 0.239. The SMILES string of the molecule is Cc1nc(N(C)C)ncc1C(=O)N[C@@H]1C[C@H]2OCC[C@@H]12. The van der Waals surface area contributed by atoms with E-state index in [0.717, 1.165) is 19.4 Å². The summed E-state index contributed by atoms with van der Waals surface area (Å²) in [6.45, 7) is 2.66. The van der Waals surface area contributed by atoms with Gasteiger partial charge in [0.2, 0.25) is 5.95 Å². The second-order valence-electron chi connectivity index (χ2n) is 5.74. The number of rotatable bonds is 3. The molecule has 1 aliphatic heterocycles. The van der Waals surface area contributed by atoms with Gasteiger partial charge in [0.15, 0.2) is 0 Å². The molecule has 0 unspecified atom stereocenters. The Kier molecular flexibility index (Phi) is 3.33. The van der Waals surface area contributed by atoms with Gasteiger partial charge in [-0.1, -0.05) is 0 Å². The van der Waals surface area contributed by atoms with E-state index in [0.29, 0.717) is 29.2 Å². The Hall–Kier alpha value is -1.69. The molecule has 3 atom stereocenters. The number of carbonyl (C=O) groups excluding carboxylic acids is 1. The van der Waals surface area contributed by atoms with Crippen molar-refractivity contribution in [1.82, 2.24) is 15.3 Å². The van der Waals surface area contributed by atoms with E-state index in [1.54, 1.807) is 6.20 Å². The number of fused-ring (bicyclic) bond motifs is 1. The first kappa shape index (κ1) is 13.3. The summed E-state index contributed by atoms with van der Waals surface area (Å²) in [7, 11) is 3.76. The molecule has 2 fully saturated rings. The van der Waals surface area contributed by atoms with Crippen LogP contribution in [0.25, 0.3) is 0 Å². The normalized spacial score (nSPS) is 27.6. The van der Waals surface area contributed by atoms with Crippen molar-refractivity contribution < 1.29 is 9.53 Å². The van der Waals surface area contributed by atoms with Crippen LogP contribution in [0.1, 0.15) is 28.9 Å². The molecule has 0 aromatic carbocycles. The van der Waals surface area contributed by atoms with Crippen molar-refractivity contribution in [2.24, 2.45) is 5.92 Å². The molecule has 1 aromatic rings. The van der Waals surface area contributed by atoms with Crippen molar-refractivity contribution in [2.45, 2.75) is 31.9 Å². The highest BCUT2D eigenvalue weighted by molar-refractivity contribution is 5.95. The topological polar surface area (TPSA) is 67.4 Å². The molecule has 6 nitrogen and oxygen atoms in total. The average molecular weight is 276 g/mol. The molecule has 1 N–H and O–H groups in total. The molecule has 3 rings (SSSR count). The second-order valence-corrected chi connectivity index (χ2v) is 5.74. The lowest BCUT2D eigenvalue weighted by Crippen LogP contribution is -2.53. The Balaban J connectivity index is 1.68. The average Bonchev–Trinajstić information content (AvgIpc) is 2.76. The summed E-state index contributed by atoms with van der Waals surface area (Å²) in [5.41, 5.74) is 1.26. The number of nitrogens with one attached hydrogen (secondary N) is 1. The zero-order chi connectivity index (χ0) is 14.3. The third kappa shape index (κ3) is 2.24. The molecule has 1 saturated carbocycles. The highest BCUT2D eigenvalue weighted by Gasteiger charge is 2.45. The standard InChI is InChI=1S/C14H20N4O2/c1-8-10(7-15-14(16-8)18(2)3)13(19)17-11-6-12-9(11)4-5-20-12/h7,9,11-12H,4-6H2,1-3H3,(H,17,19)/t9-,11+,12+/m0/s1. The van der Waals surface area contributed by atoms with E-state index in [1.807, 2.05) is 25.9 Å². The highest BCUT2D eigenvalue weighted by Crippen LogP contribution is 2.38. The molecule has 20 heavy (non-hydrogen) atoms. The summed E-state index contributed by atoms with van der Waals surface area (Å²) in [5, 5.41) is 3.08. The first-order chi connectivity index (χ1) is 9.56. The summed E-state index contributed by atoms with van der Waals surface area (Å²) < 4.78 is 5.55. The number of ether oxygens (including phenoxy) is 1. The third-order valence-electron chi connectivity index (χ3n) is 4.19. The van der Waals surface area contributed by atoms with E-state index in [4.69, 9.17) is 4.74 Å². The van der Waals surface area contributed by atoms with Crippen molar-refractivity contribution >= 4 is 11.9 Å². The predicted octanol–water partition coefficient (Wildman–Crippen LogP) is 0.758. The lowest BCUT2D eigenvalue weighted by molar-refractivity contribution is 0.00808. The Bertz CT molecular complexity index is 532. The number of hydrogen-bond acceptors (Lipinski definition) is 5. The first-order valence-corrected chi connectivity index (χ1v) is 6.99. The van der Waals surface area contributed by atoms with Gasteiger partial charge < -0.3 is 15.0 Å². The van der Waals surface area contributed by atoms with Gasteiger partial charge in [0, 0.05) is 38.9 Å². The van der Waals surface area contributed by atoms with Gasteiger partial charge in [0.1, 0.15) is 0 Å². The van der Waals surface area contributed by atoms with Gasteiger partial charge >= 0.3 is 0 Å². The smallest absolute Gasteiger partial charge is 0.254 e. The Morgan fingerprint density at radius 1 is 1.50 bits per heavy atom. The van der Waals surface area contributed by atoms with Gasteiger partial charge in [-0.2, -0.15) is 0 Å². The Labute approximate surface area is 118 Å². The van der Waals surface area contributed by atoms with Gasteiger partial charge in [0.25, 0.3) is 5.91 Å². The molecule has 0 spiro atoms. The van der Waals surface area contributed by atoms with Gasteiger partial charge in [-0.25, -0.2) is 9.97 Å². The molecule has 1 aromatic heterocycles. The van der Waals surface area contributed by atoms with Crippen LogP contribution in [-0.2, 0) is 4.74 Å². The van der Waals surface area contributed by atoms with E-state index in [-0.39, 0.29) is 11.9 Å². The first-order valence-electron chi connectivity index (χ1n) is 6.99. The monoisotopic (exact) mass is 276 g/mol. The van der Waals surface area contributed by atoms with Crippen molar-refractivity contribution in [3.05, 3.63) is 17.5 Å². The minimum absolute atomic E-state index is 0.0804. The van der Waals surface area contributed by atoms with E-state index in [2.05, 4.69) is 15.3 Å². The van der Waals surface area contributed by atoms with Gasteiger partial charge in [0.05, 0.1) is 17.4 Å². The van der Waals surface area contributed by atoms with Crippen LogP contribution in [-0.4, -0.2) is 48.7 Å². The Morgan fingerprint density at radius 3 is 2.95 bits per heavy atom. The fourth-order valence-corrected chi connectivity index (χ4v) is 2.90. The van der Waals surface area contributed by atoms with Crippen LogP contribution in [0.3, 0.4) is 0 Å². The molecule has 2 aliphatic rings. The molecule has 2 heterocycles. The number of nitrogens with zero attached hydrogens (tertiary/aromatic N) is 3. The summed E-state index contributed by atoms with van der Waals surface area (Å²) in [5.74, 6) is 1.02. The number of anilines is 1. The van der Waals surface area contributed by atoms with Crippen LogP contribution in [0.15, 0.2) is 6.20 Å². The number of carbonyl (C=O) groups is 1. The summed E-state index contributed by atoms with van der Waals surface area (Å²) in [4.78, 5) is 22.7. The van der Waals surface area contributed by atoms with E-state index < -0.39 is 0 Å². The maximum absolute atomic E-state index is 12.3. The molecule has 0 radical (unpaired) electrons. The molecule has 0 bridgehead atoms. The van der Waals surface area contributed by atoms with Crippen molar-refractivity contribution in [2.75, 3.05) is 25.6 Å². The molecule has 1 saturated heterocycles. The van der Waals surface area contributed by atoms with Crippen LogP contribution < -0.4 is 10.2 Å². The fraction of sp³-hybridized carbons (Fsp3) is 0.643. The number of amides is 1. The minimum Gasteiger partial charge on any atom is -0.378 e. The predicted molar refractivity (Wildman–Crippen MR) is 74.8 cm³/mol. The zero-order valence-electron chi connectivity index (χ0n) is 12.1. The molecule has 108 valence electrons. The summed E-state index contributed by atoms with van der Waals surface area (Å²) in [6.07, 6.45) is 3.93. The number of aromatic nitrogens is 2. The molecule has 6 heteroatoms. The van der Waals surface area contributed by atoms with Gasteiger partial charge in [-0.05, 0) is 19.8 Å². The van der Waals surface area contributed by atoms with Crippen LogP contribution in [0.2, 0.25) is 0 Å². The van der Waals surface area contributed by atoms with Crippen molar-refractivity contribution in [1.29, 1.82) is 0 Å². The molecular formula is C14H20N4O2. The minimum atomic E-state index is -0.0804. The maximum atomic E-state index is 12.3. The molecule has 1 amide bonds. The third-order valence-corrected chi connectivity index (χ3v) is 4.19.